The molecule has 0 spiro atoms. The van der Waals surface area contributed by atoms with Crippen LogP contribution < -0.4 is 16.1 Å². The van der Waals surface area contributed by atoms with E-state index in [2.05, 4.69) is 16.1 Å². The van der Waals surface area contributed by atoms with Crippen molar-refractivity contribution in [1.29, 1.82) is 0 Å². The Morgan fingerprint density at radius 3 is 2.50 bits per heavy atom. The first kappa shape index (κ1) is 11.4. The van der Waals surface area contributed by atoms with Crippen molar-refractivity contribution in [2.24, 2.45) is 0 Å². The van der Waals surface area contributed by atoms with E-state index in [0.29, 0.717) is 6.54 Å². The number of carbonyl (C=O) groups is 1. The largest absolute Gasteiger partial charge is 0.480 e. The van der Waals surface area contributed by atoms with E-state index in [9.17, 15) is 4.79 Å². The van der Waals surface area contributed by atoms with E-state index in [0.717, 1.165) is 32.7 Å². The molecule has 1 fully saturated rings. The lowest BCUT2D eigenvalue weighted by molar-refractivity contribution is -0.139. The molecule has 0 aliphatic carbocycles. The molecule has 0 saturated carbocycles. The first-order chi connectivity index (χ1) is 6.79. The van der Waals surface area contributed by atoms with Crippen LogP contribution in [0.1, 0.15) is 0 Å². The number of nitrogens with zero attached hydrogens (tertiary/aromatic N) is 1. The van der Waals surface area contributed by atoms with Crippen molar-refractivity contribution in [3.05, 3.63) is 0 Å². The molecule has 1 rings (SSSR count). The number of carboxylic acid groups (broad SMARTS) is 1. The maximum Gasteiger partial charge on any atom is 0.319 e. The Hall–Kier alpha value is -0.690. The lowest BCUT2D eigenvalue weighted by atomic mass is 10.4. The van der Waals surface area contributed by atoms with Crippen LogP contribution in [0.5, 0.6) is 0 Å². The molecular weight excluding hydrogens is 184 g/mol. The van der Waals surface area contributed by atoms with Crippen LogP contribution in [0.25, 0.3) is 0 Å². The van der Waals surface area contributed by atoms with Crippen molar-refractivity contribution in [3.63, 3.8) is 0 Å². The van der Waals surface area contributed by atoms with Crippen LogP contribution in [0.15, 0.2) is 0 Å². The molecule has 1 heterocycles. The Morgan fingerprint density at radius 1 is 1.14 bits per heavy atom. The summed E-state index contributed by atoms with van der Waals surface area (Å²) in [6.45, 7) is 5.09. The Kier molecular flexibility index (Phi) is 5.46. The number of carboxylic acids is 1. The molecule has 0 aromatic heterocycles. The maximum absolute atomic E-state index is 10.5. The van der Waals surface area contributed by atoms with E-state index in [1.54, 1.807) is 5.01 Å². The first-order valence-corrected chi connectivity index (χ1v) is 4.91. The molecule has 6 nitrogen and oxygen atoms in total. The predicted octanol–water partition coefficient (Wildman–Crippen LogP) is -1.93. The molecule has 0 bridgehead atoms. The van der Waals surface area contributed by atoms with Crippen LogP contribution in [-0.2, 0) is 4.79 Å². The van der Waals surface area contributed by atoms with Gasteiger partial charge in [0.05, 0.1) is 0 Å². The second-order valence-corrected chi connectivity index (χ2v) is 3.22. The summed E-state index contributed by atoms with van der Waals surface area (Å²) in [6, 6.07) is 0. The fourth-order valence-corrected chi connectivity index (χ4v) is 1.32. The summed E-state index contributed by atoms with van der Waals surface area (Å²) in [6.07, 6.45) is 0. The summed E-state index contributed by atoms with van der Waals surface area (Å²) in [4.78, 5) is 10.5. The van der Waals surface area contributed by atoms with Gasteiger partial charge in [0.25, 0.3) is 0 Å². The minimum Gasteiger partial charge on any atom is -0.480 e. The summed E-state index contributed by atoms with van der Waals surface area (Å²) in [5.41, 5.74) is 3.07. The zero-order valence-corrected chi connectivity index (χ0v) is 8.25. The summed E-state index contributed by atoms with van der Waals surface area (Å²) >= 11 is 0. The average Bonchev–Trinajstić information content (AvgIpc) is 2.15. The van der Waals surface area contributed by atoms with Crippen molar-refractivity contribution in [2.45, 2.75) is 0 Å². The quantitative estimate of drug-likeness (QED) is 0.418. The highest BCUT2D eigenvalue weighted by molar-refractivity contribution is 5.68. The smallest absolute Gasteiger partial charge is 0.319 e. The van der Waals surface area contributed by atoms with Gasteiger partial charge in [-0.25, -0.2) is 5.01 Å². The Morgan fingerprint density at radius 2 is 1.79 bits per heavy atom. The second kappa shape index (κ2) is 6.72. The van der Waals surface area contributed by atoms with E-state index in [1.165, 1.54) is 0 Å². The van der Waals surface area contributed by atoms with Gasteiger partial charge in [-0.05, 0) is 0 Å². The van der Waals surface area contributed by atoms with Gasteiger partial charge in [0.15, 0.2) is 0 Å². The Labute approximate surface area is 83.6 Å². The van der Waals surface area contributed by atoms with Crippen LogP contribution >= 0.6 is 0 Å². The van der Waals surface area contributed by atoms with Crippen LogP contribution in [0.4, 0.5) is 0 Å². The van der Waals surface area contributed by atoms with Gasteiger partial charge >= 0.3 is 5.97 Å². The molecule has 1 aliphatic rings. The van der Waals surface area contributed by atoms with Gasteiger partial charge in [0.1, 0.15) is 6.54 Å². The average molecular weight is 202 g/mol. The third kappa shape index (κ3) is 5.13. The zero-order valence-electron chi connectivity index (χ0n) is 8.25. The Bertz CT molecular complexity index is 167. The molecule has 6 heteroatoms. The molecule has 0 amide bonds. The molecule has 0 unspecified atom stereocenters. The van der Waals surface area contributed by atoms with Gasteiger partial charge in [0.2, 0.25) is 0 Å². The van der Waals surface area contributed by atoms with Crippen LogP contribution in [-0.4, -0.2) is 61.9 Å². The SMILES string of the molecule is O=C(O)CN1CCNCCNCCN1. The minimum absolute atomic E-state index is 0.0433. The molecular formula is C8H18N4O2. The van der Waals surface area contributed by atoms with Crippen molar-refractivity contribution in [2.75, 3.05) is 45.8 Å². The van der Waals surface area contributed by atoms with E-state index in [4.69, 9.17) is 5.11 Å². The second-order valence-electron chi connectivity index (χ2n) is 3.22. The highest BCUT2D eigenvalue weighted by Crippen LogP contribution is 1.82. The minimum atomic E-state index is -0.803. The van der Waals surface area contributed by atoms with Crippen LogP contribution in [0.2, 0.25) is 0 Å². The van der Waals surface area contributed by atoms with Crippen molar-refractivity contribution >= 4 is 5.97 Å². The summed E-state index contributed by atoms with van der Waals surface area (Å²) in [5.74, 6) is -0.803. The monoisotopic (exact) mass is 202 g/mol. The summed E-state index contributed by atoms with van der Waals surface area (Å²) in [5, 5.41) is 16.8. The molecule has 4 N–H and O–H groups in total. The normalized spacial score (nSPS) is 21.7. The van der Waals surface area contributed by atoms with Crippen molar-refractivity contribution in [1.82, 2.24) is 21.1 Å². The van der Waals surface area contributed by atoms with E-state index < -0.39 is 5.97 Å². The third-order valence-electron chi connectivity index (χ3n) is 2.00. The fraction of sp³-hybridized carbons (Fsp3) is 0.875. The van der Waals surface area contributed by atoms with Gasteiger partial charge in [-0.15, -0.1) is 0 Å². The number of rotatable bonds is 2. The maximum atomic E-state index is 10.5. The number of aliphatic carboxylic acids is 1. The fourth-order valence-electron chi connectivity index (χ4n) is 1.32. The Balaban J connectivity index is 2.26. The van der Waals surface area contributed by atoms with Gasteiger partial charge < -0.3 is 15.7 Å². The van der Waals surface area contributed by atoms with Crippen molar-refractivity contribution in [3.8, 4) is 0 Å². The van der Waals surface area contributed by atoms with Gasteiger partial charge in [-0.1, -0.05) is 0 Å². The number of hydrogen-bond donors (Lipinski definition) is 4. The van der Waals surface area contributed by atoms with Gasteiger partial charge in [0, 0.05) is 39.3 Å². The third-order valence-corrected chi connectivity index (χ3v) is 2.00. The standard InChI is InChI=1S/C8H18N4O2/c13-8(14)7-12-6-5-10-2-1-9-3-4-11-12/h9-11H,1-7H2,(H,13,14). The predicted molar refractivity (Wildman–Crippen MR) is 53.0 cm³/mol. The molecule has 0 aromatic rings. The molecule has 0 atom stereocenters. The van der Waals surface area contributed by atoms with Crippen molar-refractivity contribution < 1.29 is 9.90 Å². The van der Waals surface area contributed by atoms with Crippen LogP contribution in [0.3, 0.4) is 0 Å². The van der Waals surface area contributed by atoms with E-state index >= 15 is 0 Å². The van der Waals surface area contributed by atoms with Gasteiger partial charge in [-0.3, -0.25) is 10.2 Å². The van der Waals surface area contributed by atoms with Crippen LogP contribution in [0, 0.1) is 0 Å². The lowest BCUT2D eigenvalue weighted by Crippen LogP contribution is -2.49. The molecule has 1 saturated heterocycles. The number of nitrogens with one attached hydrogen (secondary N) is 3. The van der Waals surface area contributed by atoms with E-state index in [-0.39, 0.29) is 6.54 Å². The van der Waals surface area contributed by atoms with Gasteiger partial charge in [-0.2, -0.15) is 0 Å². The molecule has 1 aliphatic heterocycles. The lowest BCUT2D eigenvalue weighted by Gasteiger charge is -2.23. The number of hydrogen-bond acceptors (Lipinski definition) is 5. The van der Waals surface area contributed by atoms with E-state index in [1.807, 2.05) is 0 Å². The first-order valence-electron chi connectivity index (χ1n) is 4.91. The topological polar surface area (TPSA) is 76.6 Å². The molecule has 14 heavy (non-hydrogen) atoms. The zero-order chi connectivity index (χ0) is 10.2. The highest BCUT2D eigenvalue weighted by atomic mass is 16.4. The molecule has 0 radical (unpaired) electrons. The number of hydrazine groups is 1. The molecule has 82 valence electrons. The molecule has 0 aromatic carbocycles. The summed E-state index contributed by atoms with van der Waals surface area (Å²) < 4.78 is 0. The highest BCUT2D eigenvalue weighted by Gasteiger charge is 2.08. The summed E-state index contributed by atoms with van der Waals surface area (Å²) in [7, 11) is 0.